The quantitative estimate of drug-likeness (QED) is 0.0471. The highest BCUT2D eigenvalue weighted by Gasteiger charge is 1.98. The van der Waals surface area contributed by atoms with E-state index in [0.717, 1.165) is 37.6 Å². The molecule has 0 aromatic heterocycles. The minimum atomic E-state index is -4.67. The lowest BCUT2D eigenvalue weighted by molar-refractivity contribution is -0.0128. The monoisotopic (exact) mass is 997 g/mol. The van der Waals surface area contributed by atoms with Crippen molar-refractivity contribution in [3.8, 4) is 11.5 Å². The van der Waals surface area contributed by atoms with E-state index in [0.29, 0.717) is 132 Å². The van der Waals surface area contributed by atoms with E-state index in [-0.39, 0.29) is 5.48 Å². The summed E-state index contributed by atoms with van der Waals surface area (Å²) in [6, 6.07) is 19.4. The fraction of sp³-hybridized carbons (Fsp3) is 0.760. The molecule has 0 spiro atoms. The molecule has 400 valence electrons. The Hall–Kier alpha value is -2.53. The predicted octanol–water partition coefficient (Wildman–Crippen LogP) is 8.32. The van der Waals surface area contributed by atoms with Crippen LogP contribution >= 0.6 is 0 Å². The standard InChI is InChI=1S/2C25H44O6.H2O4S.H2O/c2*1-2-3-4-5-6-7-11-14-26-15-16-27-17-18-28-19-20-29-21-22-30-23-24-31-25-12-9-8-10-13-25;1-5(2,3)4;/h2*8-10,12-13H,2-7,11,14-24H2,1H3;(H2,1,2,3,4);1H2. The minimum Gasteiger partial charge on any atom is -0.491 e. The lowest BCUT2D eigenvalue weighted by Crippen LogP contribution is -2.14. The molecule has 18 heteroatoms. The van der Waals surface area contributed by atoms with Crippen molar-refractivity contribution in [2.24, 2.45) is 0 Å². The van der Waals surface area contributed by atoms with E-state index in [2.05, 4.69) is 13.8 Å². The molecule has 2 aromatic rings. The molecule has 0 heterocycles. The Morgan fingerprint density at radius 2 is 0.500 bits per heavy atom. The van der Waals surface area contributed by atoms with Gasteiger partial charge in [0.05, 0.1) is 119 Å². The Bertz CT molecular complexity index is 1220. The van der Waals surface area contributed by atoms with Crippen molar-refractivity contribution < 1.29 is 79.8 Å². The number of hydrogen-bond donors (Lipinski definition) is 2. The van der Waals surface area contributed by atoms with Crippen molar-refractivity contribution in [3.05, 3.63) is 60.7 Å². The summed E-state index contributed by atoms with van der Waals surface area (Å²) >= 11 is 0. The molecular weight excluding hydrogens is 905 g/mol. The predicted molar refractivity (Wildman–Crippen MR) is 266 cm³/mol. The summed E-state index contributed by atoms with van der Waals surface area (Å²) in [7, 11) is -4.67. The highest BCUT2D eigenvalue weighted by atomic mass is 32.3. The molecule has 0 bridgehead atoms. The van der Waals surface area contributed by atoms with E-state index < -0.39 is 10.4 Å². The summed E-state index contributed by atoms with van der Waals surface area (Å²) in [5.74, 6) is 1.72. The fourth-order valence-corrected chi connectivity index (χ4v) is 5.76. The molecular formula is C50H92O17S. The average molecular weight is 997 g/mol. The number of rotatable bonds is 48. The van der Waals surface area contributed by atoms with Crippen LogP contribution in [0.2, 0.25) is 0 Å². The normalized spacial score (nSPS) is 11.0. The summed E-state index contributed by atoms with van der Waals surface area (Å²) in [6.07, 6.45) is 18.3. The third-order valence-corrected chi connectivity index (χ3v) is 9.24. The van der Waals surface area contributed by atoms with Crippen molar-refractivity contribution in [2.75, 3.05) is 145 Å². The third kappa shape index (κ3) is 61.5. The van der Waals surface area contributed by atoms with E-state index >= 15 is 0 Å². The van der Waals surface area contributed by atoms with Crippen LogP contribution in [0.5, 0.6) is 11.5 Å². The lowest BCUT2D eigenvalue weighted by Gasteiger charge is -2.08. The van der Waals surface area contributed by atoms with Crippen LogP contribution < -0.4 is 9.47 Å². The topological polar surface area (TPSA) is 217 Å². The van der Waals surface area contributed by atoms with Gasteiger partial charge in [0.1, 0.15) is 24.7 Å². The average Bonchev–Trinajstić information content (AvgIpc) is 3.32. The Kier molecular flexibility index (Phi) is 56.7. The fourth-order valence-electron chi connectivity index (χ4n) is 5.76. The molecule has 68 heavy (non-hydrogen) atoms. The zero-order valence-electron chi connectivity index (χ0n) is 41.7. The van der Waals surface area contributed by atoms with Gasteiger partial charge in [-0.15, -0.1) is 0 Å². The Balaban J connectivity index is 0. The van der Waals surface area contributed by atoms with Crippen LogP contribution in [-0.4, -0.2) is 168 Å². The minimum absolute atomic E-state index is 0. The summed E-state index contributed by atoms with van der Waals surface area (Å²) in [5.41, 5.74) is 0. The molecule has 0 unspecified atom stereocenters. The van der Waals surface area contributed by atoms with Crippen LogP contribution in [0, 0.1) is 0 Å². The second kappa shape index (κ2) is 57.1. The van der Waals surface area contributed by atoms with Crippen molar-refractivity contribution in [1.82, 2.24) is 0 Å². The summed E-state index contributed by atoms with van der Waals surface area (Å²) in [6.45, 7) is 17.8. The molecule has 4 N–H and O–H groups in total. The molecule has 0 fully saturated rings. The SMILES string of the molecule is CCCCCCCCCOCCOCCOCCOCCOCCOc1ccccc1.CCCCCCCCCOCCOCCOCCOCCOCCOc1ccccc1.O.O=S(=O)(O)O. The number of ether oxygens (including phenoxy) is 12. The summed E-state index contributed by atoms with van der Waals surface area (Å²) in [5, 5.41) is 0. The van der Waals surface area contributed by atoms with Crippen molar-refractivity contribution >= 4 is 10.4 Å². The van der Waals surface area contributed by atoms with Gasteiger partial charge in [0.2, 0.25) is 0 Å². The maximum Gasteiger partial charge on any atom is 0.394 e. The first kappa shape index (κ1) is 67.5. The van der Waals surface area contributed by atoms with Crippen LogP contribution in [0.4, 0.5) is 0 Å². The highest BCUT2D eigenvalue weighted by Crippen LogP contribution is 2.10. The van der Waals surface area contributed by atoms with Crippen molar-refractivity contribution in [1.29, 1.82) is 0 Å². The van der Waals surface area contributed by atoms with Crippen LogP contribution in [-0.2, 0) is 57.8 Å². The van der Waals surface area contributed by atoms with Crippen molar-refractivity contribution in [3.63, 3.8) is 0 Å². The van der Waals surface area contributed by atoms with Gasteiger partial charge in [-0.2, -0.15) is 8.42 Å². The smallest absolute Gasteiger partial charge is 0.394 e. The molecule has 0 amide bonds. The summed E-state index contributed by atoms with van der Waals surface area (Å²) < 4.78 is 97.7. The number of para-hydroxylation sites is 2. The van der Waals surface area contributed by atoms with E-state index in [1.807, 2.05) is 60.7 Å². The zero-order chi connectivity index (χ0) is 48.7. The molecule has 2 aromatic carbocycles. The first-order valence-corrected chi connectivity index (χ1v) is 26.1. The van der Waals surface area contributed by atoms with E-state index in [4.69, 9.17) is 74.4 Å². The number of benzene rings is 2. The molecule has 0 radical (unpaired) electrons. The largest absolute Gasteiger partial charge is 0.491 e. The van der Waals surface area contributed by atoms with Gasteiger partial charge in [-0.1, -0.05) is 127 Å². The lowest BCUT2D eigenvalue weighted by atomic mass is 10.1. The van der Waals surface area contributed by atoms with Crippen molar-refractivity contribution in [2.45, 2.75) is 104 Å². The van der Waals surface area contributed by atoms with Gasteiger partial charge < -0.3 is 62.3 Å². The van der Waals surface area contributed by atoms with Crippen LogP contribution in [0.3, 0.4) is 0 Å². The molecule has 0 atom stereocenters. The first-order chi connectivity index (χ1) is 32.9. The van der Waals surface area contributed by atoms with Gasteiger partial charge in [0.25, 0.3) is 0 Å². The first-order valence-electron chi connectivity index (χ1n) is 24.7. The highest BCUT2D eigenvalue weighted by molar-refractivity contribution is 7.79. The molecule has 0 aliphatic heterocycles. The molecule has 0 saturated carbocycles. The van der Waals surface area contributed by atoms with Gasteiger partial charge in [-0.05, 0) is 37.1 Å². The maximum absolute atomic E-state index is 8.74. The molecule has 17 nitrogen and oxygen atoms in total. The van der Waals surface area contributed by atoms with Crippen LogP contribution in [0.1, 0.15) is 104 Å². The number of unbranched alkanes of at least 4 members (excludes halogenated alkanes) is 12. The van der Waals surface area contributed by atoms with E-state index in [9.17, 15) is 0 Å². The molecule has 0 aliphatic carbocycles. The zero-order valence-corrected chi connectivity index (χ0v) is 42.6. The Labute approximate surface area is 410 Å². The Morgan fingerprint density at radius 3 is 0.735 bits per heavy atom. The van der Waals surface area contributed by atoms with Gasteiger partial charge in [0.15, 0.2) is 0 Å². The van der Waals surface area contributed by atoms with E-state index in [1.165, 1.54) is 77.0 Å². The van der Waals surface area contributed by atoms with Gasteiger partial charge in [-0.25, -0.2) is 0 Å². The second-order valence-corrected chi connectivity index (χ2v) is 16.0. The van der Waals surface area contributed by atoms with Crippen LogP contribution in [0.15, 0.2) is 60.7 Å². The second-order valence-electron chi connectivity index (χ2n) is 15.1. The van der Waals surface area contributed by atoms with Gasteiger partial charge >= 0.3 is 10.4 Å². The number of hydrogen-bond acceptors (Lipinski definition) is 14. The molecule has 0 aliphatic rings. The van der Waals surface area contributed by atoms with Gasteiger partial charge in [-0.3, -0.25) is 9.11 Å². The maximum atomic E-state index is 8.74. The Morgan fingerprint density at radius 1 is 0.309 bits per heavy atom. The van der Waals surface area contributed by atoms with E-state index in [1.54, 1.807) is 0 Å². The molecule has 2 rings (SSSR count). The third-order valence-electron chi connectivity index (χ3n) is 9.24. The molecule has 0 saturated heterocycles. The van der Waals surface area contributed by atoms with Crippen LogP contribution in [0.25, 0.3) is 0 Å². The summed E-state index contributed by atoms with van der Waals surface area (Å²) in [4.78, 5) is 0. The van der Waals surface area contributed by atoms with Gasteiger partial charge in [0, 0.05) is 13.2 Å².